The van der Waals surface area contributed by atoms with Crippen LogP contribution in [0.4, 0.5) is 0 Å². The van der Waals surface area contributed by atoms with Gasteiger partial charge in [-0.25, -0.2) is 0 Å². The molecule has 2 heteroatoms. The SMILES string of the molecule is CC.CN1CCCC2(CCCN2C)C1. The topological polar surface area (TPSA) is 6.48 Å². The third-order valence-corrected chi connectivity index (χ3v) is 3.69. The van der Waals surface area contributed by atoms with Crippen LogP contribution in [0.3, 0.4) is 0 Å². The normalized spacial score (nSPS) is 34.3. The molecule has 2 saturated heterocycles. The first-order valence-electron chi connectivity index (χ1n) is 6.13. The minimum Gasteiger partial charge on any atom is -0.305 e. The largest absolute Gasteiger partial charge is 0.305 e. The Morgan fingerprint density at radius 2 is 1.50 bits per heavy atom. The summed E-state index contributed by atoms with van der Waals surface area (Å²) in [7, 11) is 4.55. The molecule has 0 aromatic carbocycles. The molecule has 0 N–H and O–H groups in total. The van der Waals surface area contributed by atoms with Gasteiger partial charge in [0.05, 0.1) is 0 Å². The number of likely N-dealkylation sites (N-methyl/N-ethyl adjacent to an activating group) is 2. The molecule has 14 heavy (non-hydrogen) atoms. The van der Waals surface area contributed by atoms with Gasteiger partial charge >= 0.3 is 0 Å². The van der Waals surface area contributed by atoms with Crippen LogP contribution in [-0.4, -0.2) is 49.1 Å². The van der Waals surface area contributed by atoms with E-state index < -0.39 is 0 Å². The number of nitrogens with zero attached hydrogens (tertiary/aromatic N) is 2. The van der Waals surface area contributed by atoms with Crippen molar-refractivity contribution < 1.29 is 0 Å². The number of hydrogen-bond donors (Lipinski definition) is 0. The van der Waals surface area contributed by atoms with E-state index in [9.17, 15) is 0 Å². The van der Waals surface area contributed by atoms with Gasteiger partial charge in [0.1, 0.15) is 0 Å². The number of likely N-dealkylation sites (tertiary alicyclic amines) is 2. The van der Waals surface area contributed by atoms with E-state index in [4.69, 9.17) is 0 Å². The molecule has 1 spiro atoms. The lowest BCUT2D eigenvalue weighted by Crippen LogP contribution is -2.53. The molecule has 0 aromatic heterocycles. The van der Waals surface area contributed by atoms with Crippen molar-refractivity contribution in [3.8, 4) is 0 Å². The summed E-state index contributed by atoms with van der Waals surface area (Å²) in [5, 5.41) is 0. The van der Waals surface area contributed by atoms with Crippen LogP contribution in [-0.2, 0) is 0 Å². The number of hydrogen-bond acceptors (Lipinski definition) is 2. The van der Waals surface area contributed by atoms with Gasteiger partial charge in [0.25, 0.3) is 0 Å². The molecule has 0 radical (unpaired) electrons. The lowest BCUT2D eigenvalue weighted by molar-refractivity contribution is 0.0720. The summed E-state index contributed by atoms with van der Waals surface area (Å²) in [4.78, 5) is 5.08. The summed E-state index contributed by atoms with van der Waals surface area (Å²) in [5.74, 6) is 0. The van der Waals surface area contributed by atoms with Gasteiger partial charge in [-0.05, 0) is 52.9 Å². The monoisotopic (exact) mass is 198 g/mol. The molecule has 2 nitrogen and oxygen atoms in total. The van der Waals surface area contributed by atoms with E-state index in [1.165, 1.54) is 45.3 Å². The second-order valence-corrected chi connectivity index (χ2v) is 4.59. The second-order valence-electron chi connectivity index (χ2n) is 4.59. The summed E-state index contributed by atoms with van der Waals surface area (Å²) in [6, 6.07) is 0. The van der Waals surface area contributed by atoms with Crippen LogP contribution in [0.1, 0.15) is 39.5 Å². The van der Waals surface area contributed by atoms with Crippen LogP contribution in [0.25, 0.3) is 0 Å². The molecule has 0 bridgehead atoms. The van der Waals surface area contributed by atoms with E-state index in [0.29, 0.717) is 5.54 Å². The summed E-state index contributed by atoms with van der Waals surface area (Å²) < 4.78 is 0. The average molecular weight is 198 g/mol. The molecule has 1 unspecified atom stereocenters. The minimum absolute atomic E-state index is 0.562. The van der Waals surface area contributed by atoms with Crippen LogP contribution in [0.5, 0.6) is 0 Å². The van der Waals surface area contributed by atoms with E-state index in [-0.39, 0.29) is 0 Å². The maximum absolute atomic E-state index is 2.59. The quantitative estimate of drug-likeness (QED) is 0.589. The van der Waals surface area contributed by atoms with Gasteiger partial charge in [-0.3, -0.25) is 4.90 Å². The van der Waals surface area contributed by atoms with Gasteiger partial charge in [-0.2, -0.15) is 0 Å². The minimum atomic E-state index is 0.562. The van der Waals surface area contributed by atoms with Crippen LogP contribution in [0.2, 0.25) is 0 Å². The molecule has 0 aliphatic carbocycles. The van der Waals surface area contributed by atoms with Crippen LogP contribution >= 0.6 is 0 Å². The Bertz CT molecular complexity index is 170. The predicted molar refractivity (Wildman–Crippen MR) is 62.7 cm³/mol. The van der Waals surface area contributed by atoms with Crippen molar-refractivity contribution in [2.45, 2.75) is 45.1 Å². The van der Waals surface area contributed by atoms with Gasteiger partial charge in [0.2, 0.25) is 0 Å². The Balaban J connectivity index is 0.000000461. The van der Waals surface area contributed by atoms with E-state index >= 15 is 0 Å². The Morgan fingerprint density at radius 3 is 2.00 bits per heavy atom. The highest BCUT2D eigenvalue weighted by Crippen LogP contribution is 2.35. The first-order valence-corrected chi connectivity index (χ1v) is 6.13. The van der Waals surface area contributed by atoms with Crippen molar-refractivity contribution in [1.82, 2.24) is 9.80 Å². The summed E-state index contributed by atoms with van der Waals surface area (Å²) in [6.45, 7) is 7.91. The lowest BCUT2D eigenvalue weighted by atomic mass is 9.87. The number of piperidine rings is 1. The van der Waals surface area contributed by atoms with Crippen LogP contribution < -0.4 is 0 Å². The standard InChI is InChI=1S/C10H20N2.C2H6/c1-11-7-3-5-10(9-11)6-4-8-12(10)2;1-2/h3-9H2,1-2H3;1-2H3. The molecule has 0 aromatic rings. The zero-order chi connectivity index (χ0) is 10.6. The molecule has 0 amide bonds. The van der Waals surface area contributed by atoms with Crippen molar-refractivity contribution in [1.29, 1.82) is 0 Å². The molecule has 1 atom stereocenters. The zero-order valence-electron chi connectivity index (χ0n) is 10.3. The predicted octanol–water partition coefficient (Wildman–Crippen LogP) is 2.20. The highest BCUT2D eigenvalue weighted by molar-refractivity contribution is 4.98. The van der Waals surface area contributed by atoms with Gasteiger partial charge in [0, 0.05) is 12.1 Å². The molecular weight excluding hydrogens is 172 g/mol. The smallest absolute Gasteiger partial charge is 0.0334 e. The Kier molecular flexibility index (Phi) is 4.39. The second kappa shape index (κ2) is 5.13. The maximum atomic E-state index is 2.59. The van der Waals surface area contributed by atoms with Gasteiger partial charge in [-0.15, -0.1) is 0 Å². The van der Waals surface area contributed by atoms with E-state index in [0.717, 1.165) is 0 Å². The van der Waals surface area contributed by atoms with Crippen molar-refractivity contribution in [2.75, 3.05) is 33.7 Å². The molecule has 2 heterocycles. The summed E-state index contributed by atoms with van der Waals surface area (Å²) in [6.07, 6.45) is 5.65. The highest BCUT2D eigenvalue weighted by Gasteiger charge is 2.40. The fraction of sp³-hybridized carbons (Fsp3) is 1.00. The third-order valence-electron chi connectivity index (χ3n) is 3.69. The van der Waals surface area contributed by atoms with Gasteiger partial charge < -0.3 is 4.90 Å². The first kappa shape index (κ1) is 12.0. The van der Waals surface area contributed by atoms with Crippen molar-refractivity contribution in [2.24, 2.45) is 0 Å². The molecule has 2 aliphatic heterocycles. The Labute approximate surface area is 89.3 Å². The first-order chi connectivity index (χ1) is 6.73. The van der Waals surface area contributed by atoms with Gasteiger partial charge in [0.15, 0.2) is 0 Å². The van der Waals surface area contributed by atoms with E-state index in [1.54, 1.807) is 0 Å². The maximum Gasteiger partial charge on any atom is 0.0334 e. The van der Waals surface area contributed by atoms with E-state index in [1.807, 2.05) is 13.8 Å². The molecule has 84 valence electrons. The Morgan fingerprint density at radius 1 is 0.929 bits per heavy atom. The third kappa shape index (κ3) is 2.29. The molecule has 0 saturated carbocycles. The fourth-order valence-corrected chi connectivity index (χ4v) is 2.93. The number of rotatable bonds is 0. The van der Waals surface area contributed by atoms with E-state index in [2.05, 4.69) is 23.9 Å². The van der Waals surface area contributed by atoms with Crippen molar-refractivity contribution in [3.63, 3.8) is 0 Å². The molecular formula is C12H26N2. The van der Waals surface area contributed by atoms with Crippen LogP contribution in [0, 0.1) is 0 Å². The van der Waals surface area contributed by atoms with Crippen LogP contribution in [0.15, 0.2) is 0 Å². The van der Waals surface area contributed by atoms with Crippen molar-refractivity contribution in [3.05, 3.63) is 0 Å². The molecule has 2 fully saturated rings. The summed E-state index contributed by atoms with van der Waals surface area (Å²) >= 11 is 0. The fourth-order valence-electron chi connectivity index (χ4n) is 2.93. The zero-order valence-corrected chi connectivity index (χ0v) is 10.3. The molecule has 2 rings (SSSR count). The van der Waals surface area contributed by atoms with Crippen molar-refractivity contribution >= 4 is 0 Å². The highest BCUT2D eigenvalue weighted by atomic mass is 15.3. The average Bonchev–Trinajstić information content (AvgIpc) is 2.51. The van der Waals surface area contributed by atoms with Gasteiger partial charge in [-0.1, -0.05) is 13.8 Å². The molecule has 2 aliphatic rings. The lowest BCUT2D eigenvalue weighted by Gasteiger charge is -2.43. The summed E-state index contributed by atoms with van der Waals surface area (Å²) in [5.41, 5.74) is 0.562. The Hall–Kier alpha value is -0.0800.